The number of guanidine groups is 1. The Morgan fingerprint density at radius 2 is 1.84 bits per heavy atom. The molecule has 0 bridgehead atoms. The maximum Gasteiger partial charge on any atom is 0.243 e. The van der Waals surface area contributed by atoms with Gasteiger partial charge < -0.3 is 20.3 Å². The van der Waals surface area contributed by atoms with Gasteiger partial charge in [0.1, 0.15) is 12.3 Å². The zero-order valence-corrected chi connectivity index (χ0v) is 21.1. The molecule has 1 aliphatic heterocycles. The van der Waals surface area contributed by atoms with Crippen LogP contribution < -0.4 is 15.4 Å². The Hall–Kier alpha value is -2.29. The second-order valence-corrected chi connectivity index (χ2v) is 7.87. The number of ether oxygens (including phenoxy) is 1. The number of halogens is 1. The van der Waals surface area contributed by atoms with Gasteiger partial charge in [-0.2, -0.15) is 0 Å². The quantitative estimate of drug-likeness (QED) is 0.337. The van der Waals surface area contributed by atoms with Crippen molar-refractivity contribution in [3.63, 3.8) is 0 Å². The predicted octanol–water partition coefficient (Wildman–Crippen LogP) is 3.61. The molecule has 1 aliphatic rings. The first-order valence-corrected chi connectivity index (χ1v) is 10.5. The number of nitrogens with one attached hydrogen (secondary N) is 2. The summed E-state index contributed by atoms with van der Waals surface area (Å²) in [6.07, 6.45) is 1.74. The Morgan fingerprint density at radius 1 is 1.13 bits per heavy atom. The molecule has 1 heterocycles. The molecule has 0 fully saturated rings. The number of amides is 1. The Kier molecular flexibility index (Phi) is 9.61. The molecule has 0 radical (unpaired) electrons. The van der Waals surface area contributed by atoms with E-state index in [0.717, 1.165) is 30.7 Å². The van der Waals surface area contributed by atoms with Crippen LogP contribution in [0, 0.1) is 13.8 Å². The highest BCUT2D eigenvalue weighted by Crippen LogP contribution is 2.31. The standard InChI is InChI=1S/C24H32N4O2.HI/c1-17-8-7-9-18(2)19(17)12-14-25-24(26-16-23(29)28(3)4)27-21-13-15-30-22-11-6-5-10-20(21)22;/h5-11,21H,12-16H2,1-4H3,(H2,25,26,27);1H. The number of carbonyl (C=O) groups excluding carboxylic acids is 1. The lowest BCUT2D eigenvalue weighted by molar-refractivity contribution is -0.127. The van der Waals surface area contributed by atoms with Gasteiger partial charge in [0.05, 0.1) is 12.6 Å². The molecule has 3 rings (SSSR count). The second kappa shape index (κ2) is 11.9. The van der Waals surface area contributed by atoms with E-state index >= 15 is 0 Å². The summed E-state index contributed by atoms with van der Waals surface area (Å²) < 4.78 is 5.77. The number of aryl methyl sites for hydroxylation is 2. The topological polar surface area (TPSA) is 66.0 Å². The molecule has 2 aromatic rings. The first-order chi connectivity index (χ1) is 14.5. The molecule has 1 unspecified atom stereocenters. The fraction of sp³-hybridized carbons (Fsp3) is 0.417. The smallest absolute Gasteiger partial charge is 0.243 e. The van der Waals surface area contributed by atoms with E-state index in [4.69, 9.17) is 4.74 Å². The number of carbonyl (C=O) groups is 1. The van der Waals surface area contributed by atoms with Gasteiger partial charge in [-0.05, 0) is 43.0 Å². The minimum absolute atomic E-state index is 0. The van der Waals surface area contributed by atoms with Crippen molar-refractivity contribution in [3.05, 3.63) is 64.7 Å². The molecule has 0 saturated carbocycles. The number of aliphatic imine (C=N–C) groups is 1. The molecule has 1 amide bonds. The number of rotatable bonds is 6. The molecule has 0 aromatic heterocycles. The number of fused-ring (bicyclic) bond motifs is 1. The van der Waals surface area contributed by atoms with E-state index in [1.807, 2.05) is 18.2 Å². The average Bonchev–Trinajstić information content (AvgIpc) is 2.73. The predicted molar refractivity (Wildman–Crippen MR) is 136 cm³/mol. The van der Waals surface area contributed by atoms with E-state index in [0.29, 0.717) is 12.6 Å². The van der Waals surface area contributed by atoms with Crippen molar-refractivity contribution in [2.75, 3.05) is 33.8 Å². The molecule has 2 N–H and O–H groups in total. The molecule has 168 valence electrons. The molecule has 31 heavy (non-hydrogen) atoms. The van der Waals surface area contributed by atoms with Crippen LogP contribution in [0.1, 0.15) is 34.7 Å². The zero-order chi connectivity index (χ0) is 21.5. The maximum absolute atomic E-state index is 12.1. The second-order valence-electron chi connectivity index (χ2n) is 7.87. The normalized spacial score (nSPS) is 15.2. The van der Waals surface area contributed by atoms with Gasteiger partial charge in [-0.25, -0.2) is 4.99 Å². The Balaban J connectivity index is 0.00000341. The number of nitrogens with zero attached hydrogens (tertiary/aromatic N) is 2. The average molecular weight is 536 g/mol. The lowest BCUT2D eigenvalue weighted by Gasteiger charge is -2.28. The number of likely N-dealkylation sites (N-methyl/N-ethyl adjacent to an activating group) is 1. The third kappa shape index (κ3) is 6.85. The van der Waals surface area contributed by atoms with Crippen LogP contribution in [0.25, 0.3) is 0 Å². The maximum atomic E-state index is 12.1. The van der Waals surface area contributed by atoms with Crippen LogP contribution >= 0.6 is 24.0 Å². The van der Waals surface area contributed by atoms with Crippen LogP contribution in [-0.2, 0) is 11.2 Å². The van der Waals surface area contributed by atoms with Crippen LogP contribution in [0.15, 0.2) is 47.5 Å². The summed E-state index contributed by atoms with van der Waals surface area (Å²) in [5.41, 5.74) is 5.06. The Bertz CT molecular complexity index is 894. The van der Waals surface area contributed by atoms with E-state index < -0.39 is 0 Å². The van der Waals surface area contributed by atoms with Crippen molar-refractivity contribution in [1.29, 1.82) is 0 Å². The fourth-order valence-electron chi connectivity index (χ4n) is 3.65. The lowest BCUT2D eigenvalue weighted by atomic mass is 10.00. The molecular formula is C24H33IN4O2. The summed E-state index contributed by atoms with van der Waals surface area (Å²) in [4.78, 5) is 18.2. The summed E-state index contributed by atoms with van der Waals surface area (Å²) in [5.74, 6) is 1.52. The van der Waals surface area contributed by atoms with Gasteiger partial charge in [0, 0.05) is 32.6 Å². The Labute approximate surface area is 202 Å². The molecule has 1 atom stereocenters. The van der Waals surface area contributed by atoms with Crippen LogP contribution in [0.2, 0.25) is 0 Å². The molecule has 6 nitrogen and oxygen atoms in total. The van der Waals surface area contributed by atoms with Crippen LogP contribution in [-0.4, -0.2) is 50.6 Å². The van der Waals surface area contributed by atoms with Gasteiger partial charge in [0.25, 0.3) is 0 Å². The van der Waals surface area contributed by atoms with Gasteiger partial charge in [-0.1, -0.05) is 36.4 Å². The molecule has 7 heteroatoms. The van der Waals surface area contributed by atoms with Crippen molar-refractivity contribution in [2.24, 2.45) is 4.99 Å². The summed E-state index contributed by atoms with van der Waals surface area (Å²) >= 11 is 0. The zero-order valence-electron chi connectivity index (χ0n) is 18.8. The number of hydrogen-bond acceptors (Lipinski definition) is 3. The lowest BCUT2D eigenvalue weighted by Crippen LogP contribution is -2.42. The monoisotopic (exact) mass is 536 g/mol. The molecular weight excluding hydrogens is 503 g/mol. The summed E-state index contributed by atoms with van der Waals surface area (Å²) in [6, 6.07) is 14.5. The summed E-state index contributed by atoms with van der Waals surface area (Å²) in [6.45, 7) is 5.78. The largest absolute Gasteiger partial charge is 0.493 e. The van der Waals surface area contributed by atoms with E-state index in [1.54, 1.807) is 19.0 Å². The third-order valence-corrected chi connectivity index (χ3v) is 5.45. The number of para-hydroxylation sites is 1. The van der Waals surface area contributed by atoms with Crippen molar-refractivity contribution in [1.82, 2.24) is 15.5 Å². The van der Waals surface area contributed by atoms with Crippen molar-refractivity contribution < 1.29 is 9.53 Å². The van der Waals surface area contributed by atoms with Gasteiger partial charge in [0.15, 0.2) is 5.96 Å². The minimum Gasteiger partial charge on any atom is -0.493 e. The first-order valence-electron chi connectivity index (χ1n) is 10.5. The van der Waals surface area contributed by atoms with Gasteiger partial charge in [-0.15, -0.1) is 24.0 Å². The molecule has 2 aromatic carbocycles. The Morgan fingerprint density at radius 3 is 2.55 bits per heavy atom. The third-order valence-electron chi connectivity index (χ3n) is 5.45. The minimum atomic E-state index is -0.0294. The van der Waals surface area contributed by atoms with Crippen LogP contribution in [0.4, 0.5) is 0 Å². The SMILES string of the molecule is Cc1cccc(C)c1CCNC(=NCC(=O)N(C)C)NC1CCOc2ccccc21.I. The van der Waals surface area contributed by atoms with Crippen molar-refractivity contribution >= 4 is 35.8 Å². The summed E-state index contributed by atoms with van der Waals surface area (Å²) in [5, 5.41) is 6.93. The molecule has 0 spiro atoms. The van der Waals surface area contributed by atoms with E-state index in [9.17, 15) is 4.79 Å². The van der Waals surface area contributed by atoms with Crippen molar-refractivity contribution in [2.45, 2.75) is 32.7 Å². The number of hydrogen-bond donors (Lipinski definition) is 2. The van der Waals surface area contributed by atoms with E-state index in [-0.39, 0.29) is 42.5 Å². The number of benzene rings is 2. The summed E-state index contributed by atoms with van der Waals surface area (Å²) in [7, 11) is 3.49. The van der Waals surface area contributed by atoms with Gasteiger partial charge in [0.2, 0.25) is 5.91 Å². The highest BCUT2D eigenvalue weighted by atomic mass is 127. The highest BCUT2D eigenvalue weighted by Gasteiger charge is 2.22. The molecule has 0 aliphatic carbocycles. The first kappa shape index (κ1) is 25.0. The van der Waals surface area contributed by atoms with E-state index in [2.05, 4.69) is 53.7 Å². The fourth-order valence-corrected chi connectivity index (χ4v) is 3.65. The van der Waals surface area contributed by atoms with E-state index in [1.165, 1.54) is 16.7 Å². The van der Waals surface area contributed by atoms with Gasteiger partial charge >= 0.3 is 0 Å². The van der Waals surface area contributed by atoms with Crippen LogP contribution in [0.5, 0.6) is 5.75 Å². The van der Waals surface area contributed by atoms with Gasteiger partial charge in [-0.3, -0.25) is 4.79 Å². The van der Waals surface area contributed by atoms with Crippen molar-refractivity contribution in [3.8, 4) is 5.75 Å². The highest BCUT2D eigenvalue weighted by molar-refractivity contribution is 14.0. The van der Waals surface area contributed by atoms with Crippen LogP contribution in [0.3, 0.4) is 0 Å². The molecule has 0 saturated heterocycles.